The van der Waals surface area contributed by atoms with E-state index >= 15 is 0 Å². The first kappa shape index (κ1) is 61.1. The Balaban J connectivity index is 0.658. The van der Waals surface area contributed by atoms with Crippen molar-refractivity contribution in [2.75, 3.05) is 14.2 Å². The van der Waals surface area contributed by atoms with Crippen molar-refractivity contribution in [2.24, 2.45) is 29.6 Å². The van der Waals surface area contributed by atoms with Gasteiger partial charge >= 0.3 is 5.97 Å². The van der Waals surface area contributed by atoms with Gasteiger partial charge in [0.2, 0.25) is 11.6 Å². The zero-order valence-corrected chi connectivity index (χ0v) is 52.7. The highest BCUT2D eigenvalue weighted by atomic mass is 16.9. The van der Waals surface area contributed by atoms with Crippen molar-refractivity contribution in [1.29, 1.82) is 0 Å². The second kappa shape index (κ2) is 23.4. The molecular weight excluding hydrogens is 1120 g/mol. The van der Waals surface area contributed by atoms with Gasteiger partial charge in [-0.05, 0) is 86.7 Å². The molecule has 0 aromatic rings. The topological polar surface area (TPSA) is 200 Å². The lowest BCUT2D eigenvalue weighted by molar-refractivity contribution is -0.374. The Morgan fingerprint density at radius 1 is 0.598 bits per heavy atom. The number of fused-ring (bicyclic) bond motifs is 9. The van der Waals surface area contributed by atoms with Gasteiger partial charge in [0.15, 0.2) is 18.2 Å². The number of ether oxygens (including phenoxy) is 18. The Labute approximate surface area is 513 Å². The van der Waals surface area contributed by atoms with Crippen molar-refractivity contribution >= 4 is 11.8 Å². The zero-order valence-electron chi connectivity index (χ0n) is 52.7. The maximum atomic E-state index is 14.8. The van der Waals surface area contributed by atoms with E-state index in [1.54, 1.807) is 14.2 Å². The lowest BCUT2D eigenvalue weighted by Gasteiger charge is -2.55. The SMILES string of the molecule is C=C1CC2CCC34OC5C6OC(CCC6OC6C5OC5(OC(C)OC35)C6O4)CC(=O)OC3C(CC4OC(CCC1O2)CC(C)C4=C)OC1CC(OC)C(CC(=O)CC2OC4(CC(C)C2OC)CC(C)C2OC5CC(C(C)CC)OC5CC2O4)OC1C3C. The van der Waals surface area contributed by atoms with E-state index < -0.39 is 115 Å². The minimum atomic E-state index is -1.22. The van der Waals surface area contributed by atoms with Gasteiger partial charge < -0.3 is 85.3 Å². The molecule has 0 saturated carbocycles. The number of rotatable bonds is 8. The van der Waals surface area contributed by atoms with Crippen LogP contribution in [0, 0.1) is 29.6 Å². The molecule has 16 saturated heterocycles. The third-order valence-electron chi connectivity index (χ3n) is 23.8. The smallest absolute Gasteiger partial charge is 0.308 e. The molecule has 0 aromatic carbocycles. The van der Waals surface area contributed by atoms with Crippen LogP contribution < -0.4 is 0 Å². The van der Waals surface area contributed by atoms with Crippen LogP contribution in [-0.4, -0.2) is 202 Å². The van der Waals surface area contributed by atoms with Gasteiger partial charge in [0.1, 0.15) is 42.4 Å². The maximum Gasteiger partial charge on any atom is 0.308 e. The van der Waals surface area contributed by atoms with Gasteiger partial charge in [-0.25, -0.2) is 0 Å². The number of esters is 1. The van der Waals surface area contributed by atoms with Gasteiger partial charge in [0.05, 0.1) is 116 Å². The second-order valence-corrected chi connectivity index (χ2v) is 29.6. The molecule has 16 aliphatic rings. The van der Waals surface area contributed by atoms with Crippen molar-refractivity contribution in [2.45, 2.75) is 340 Å². The normalized spacial score (nSPS) is 55.5. The van der Waals surface area contributed by atoms with Crippen LogP contribution in [0.5, 0.6) is 0 Å². The molecule has 16 heterocycles. The predicted molar refractivity (Wildman–Crippen MR) is 307 cm³/mol. The van der Waals surface area contributed by atoms with E-state index in [2.05, 4.69) is 54.7 Å². The molecule has 16 rings (SSSR count). The van der Waals surface area contributed by atoms with Crippen LogP contribution in [-0.2, 0) is 94.9 Å². The summed E-state index contributed by atoms with van der Waals surface area (Å²) >= 11 is 0. The molecule has 486 valence electrons. The minimum Gasteiger partial charge on any atom is -0.459 e. The van der Waals surface area contributed by atoms with E-state index in [9.17, 15) is 9.59 Å². The van der Waals surface area contributed by atoms with Crippen molar-refractivity contribution in [3.63, 3.8) is 0 Å². The molecule has 20 heteroatoms. The zero-order chi connectivity index (χ0) is 60.2. The average molecular weight is 1220 g/mol. The Morgan fingerprint density at radius 2 is 1.34 bits per heavy atom. The molecule has 34 atom stereocenters. The van der Waals surface area contributed by atoms with Gasteiger partial charge in [-0.1, -0.05) is 61.1 Å². The molecule has 20 nitrogen and oxygen atoms in total. The Hall–Kier alpha value is -2.06. The Kier molecular flexibility index (Phi) is 16.5. The van der Waals surface area contributed by atoms with Crippen LogP contribution in [0.3, 0.4) is 0 Å². The van der Waals surface area contributed by atoms with Gasteiger partial charge in [-0.15, -0.1) is 0 Å². The summed E-state index contributed by atoms with van der Waals surface area (Å²) in [4.78, 5) is 29.5. The molecule has 0 N–H and O–H groups in total. The molecule has 0 aliphatic carbocycles. The summed E-state index contributed by atoms with van der Waals surface area (Å²) in [5.74, 6) is -3.22. The highest BCUT2D eigenvalue weighted by molar-refractivity contribution is 5.79. The number of carbonyl (C=O) groups excluding carboxylic acids is 2. The van der Waals surface area contributed by atoms with E-state index in [1.165, 1.54) is 0 Å². The van der Waals surface area contributed by atoms with Crippen LogP contribution >= 0.6 is 0 Å². The van der Waals surface area contributed by atoms with E-state index in [4.69, 9.17) is 85.3 Å². The standard InChI is InChI=1S/C67H98O20/c1-12-30(2)44-24-49-48(76-44)27-53-56(79-49)34(6)29-65(84-53)28-33(5)55(71-11)52(83-65)22-38(68)21-47-46(70-10)26-51-57(80-47)36(8)58-50(77-51)25-45-35(7)31(3)19-39(74-45)13-15-42-32(4)20-41(73-42)17-18-66-64-67(82-37(9)72-64)63(87-66)62-61(86-67)60(85-66)59-43(78-62)16-14-40(75-59)23-54(69)81-58/h30-31,33-34,36-37,39-53,55-64H,4,7,12-29H2,1-3,5-6,8-11H3. The first-order valence-corrected chi connectivity index (χ1v) is 33.9. The second-order valence-electron chi connectivity index (χ2n) is 29.6. The highest BCUT2D eigenvalue weighted by Crippen LogP contribution is 2.63. The van der Waals surface area contributed by atoms with Crippen LogP contribution in [0.15, 0.2) is 24.3 Å². The van der Waals surface area contributed by atoms with Crippen molar-refractivity contribution in [1.82, 2.24) is 0 Å². The van der Waals surface area contributed by atoms with E-state index in [0.717, 1.165) is 56.1 Å². The lowest BCUT2D eigenvalue weighted by Crippen LogP contribution is -2.63. The molecule has 16 aliphatic heterocycles. The number of carbonyl (C=O) groups is 2. The van der Waals surface area contributed by atoms with Crippen LogP contribution in [0.4, 0.5) is 0 Å². The fraction of sp³-hybridized carbons (Fsp3) is 0.910. The summed E-state index contributed by atoms with van der Waals surface area (Å²) in [6, 6.07) is 0. The highest BCUT2D eigenvalue weighted by Gasteiger charge is 2.83. The van der Waals surface area contributed by atoms with Gasteiger partial charge in [-0.2, -0.15) is 0 Å². The quantitative estimate of drug-likeness (QED) is 0.168. The Bertz CT molecular complexity index is 2590. The number of Topliss-reactive ketones (excluding diaryl/α,β-unsaturated/α-hetero) is 1. The Morgan fingerprint density at radius 3 is 2.16 bits per heavy atom. The van der Waals surface area contributed by atoms with Crippen molar-refractivity contribution < 1.29 is 94.9 Å². The lowest BCUT2D eigenvalue weighted by atomic mass is 9.77. The average Bonchev–Trinajstić information content (AvgIpc) is 1.50. The summed E-state index contributed by atoms with van der Waals surface area (Å²) in [7, 11) is 3.36. The van der Waals surface area contributed by atoms with Crippen LogP contribution in [0.2, 0.25) is 0 Å². The first-order chi connectivity index (χ1) is 41.8. The van der Waals surface area contributed by atoms with Crippen LogP contribution in [0.1, 0.15) is 164 Å². The van der Waals surface area contributed by atoms with Crippen LogP contribution in [0.25, 0.3) is 0 Å². The third kappa shape index (κ3) is 10.7. The molecule has 12 bridgehead atoms. The molecule has 16 fully saturated rings. The summed E-state index contributed by atoms with van der Waals surface area (Å²) < 4.78 is 123. The minimum absolute atomic E-state index is 0.00612. The molecule has 0 aromatic heterocycles. The van der Waals surface area contributed by atoms with Gasteiger partial charge in [0, 0.05) is 77.9 Å². The third-order valence-corrected chi connectivity index (χ3v) is 23.8. The number of hydrogen-bond acceptors (Lipinski definition) is 20. The number of hydrogen-bond donors (Lipinski definition) is 0. The molecule has 0 radical (unpaired) electrons. The molecular formula is C67H98O20. The summed E-state index contributed by atoms with van der Waals surface area (Å²) in [5.41, 5.74) is 2.07. The molecule has 34 unspecified atom stereocenters. The van der Waals surface area contributed by atoms with Crippen molar-refractivity contribution in [3.8, 4) is 0 Å². The maximum absolute atomic E-state index is 14.8. The largest absolute Gasteiger partial charge is 0.459 e. The summed E-state index contributed by atoms with van der Waals surface area (Å²) in [5, 5.41) is 0. The number of methoxy groups -OCH3 is 2. The van der Waals surface area contributed by atoms with E-state index in [-0.39, 0.29) is 116 Å². The molecule has 3 spiro atoms. The first-order valence-electron chi connectivity index (χ1n) is 33.9. The van der Waals surface area contributed by atoms with E-state index in [0.29, 0.717) is 57.3 Å². The van der Waals surface area contributed by atoms with Gasteiger partial charge in [-0.3, -0.25) is 9.59 Å². The fourth-order valence-corrected chi connectivity index (χ4v) is 19.4. The van der Waals surface area contributed by atoms with Gasteiger partial charge in [0.25, 0.3) is 0 Å². The fourth-order valence-electron chi connectivity index (χ4n) is 19.4. The summed E-state index contributed by atoms with van der Waals surface area (Å²) in [6.07, 6.45) is 0.951. The predicted octanol–water partition coefficient (Wildman–Crippen LogP) is 7.83. The number of ketones is 1. The molecule has 87 heavy (non-hydrogen) atoms. The van der Waals surface area contributed by atoms with Crippen molar-refractivity contribution in [3.05, 3.63) is 24.3 Å². The summed E-state index contributed by atoms with van der Waals surface area (Å²) in [6.45, 7) is 24.2. The molecule has 0 amide bonds. The van der Waals surface area contributed by atoms with E-state index in [1.807, 2.05) is 6.92 Å². The monoisotopic (exact) mass is 1220 g/mol.